The van der Waals surface area contributed by atoms with Crippen LogP contribution in [0, 0.1) is 0 Å². The van der Waals surface area contributed by atoms with E-state index >= 15 is 0 Å². The van der Waals surface area contributed by atoms with Gasteiger partial charge in [0.05, 0.1) is 0 Å². The Hall–Kier alpha value is -0.970. The van der Waals surface area contributed by atoms with Crippen molar-refractivity contribution in [3.8, 4) is 0 Å². The predicted octanol–water partition coefficient (Wildman–Crippen LogP) is 1.48. The van der Waals surface area contributed by atoms with Crippen LogP contribution < -0.4 is 10.9 Å². The molecule has 1 aromatic heterocycles. The quantitative estimate of drug-likeness (QED) is 0.868. The molecule has 0 amide bonds. The Morgan fingerprint density at radius 1 is 1.56 bits per heavy atom. The van der Waals surface area contributed by atoms with Crippen molar-refractivity contribution in [2.45, 2.75) is 30.6 Å². The molecule has 0 aliphatic heterocycles. The summed E-state index contributed by atoms with van der Waals surface area (Å²) in [5, 5.41) is 3.98. The van der Waals surface area contributed by atoms with Gasteiger partial charge in [0.15, 0.2) is 5.82 Å². The molecule has 0 bridgehead atoms. The van der Waals surface area contributed by atoms with Crippen LogP contribution in [0.2, 0.25) is 0 Å². The molecule has 1 aromatic rings. The van der Waals surface area contributed by atoms with E-state index in [9.17, 15) is 4.79 Å². The molecular weight excluding hydrogens is 222 g/mol. The third-order valence-corrected chi connectivity index (χ3v) is 4.17. The van der Waals surface area contributed by atoms with E-state index in [-0.39, 0.29) is 5.56 Å². The summed E-state index contributed by atoms with van der Waals surface area (Å²) in [6, 6.07) is 0.403. The van der Waals surface area contributed by atoms with E-state index in [1.807, 2.05) is 11.8 Å². The maximum atomic E-state index is 11.7. The van der Waals surface area contributed by atoms with Crippen molar-refractivity contribution < 1.29 is 0 Å². The molecular formula is C11H17N3OS. The fraction of sp³-hybridized carbons (Fsp3) is 0.636. The molecule has 1 heterocycles. The highest BCUT2D eigenvalue weighted by Crippen LogP contribution is 2.29. The van der Waals surface area contributed by atoms with E-state index in [0.717, 1.165) is 18.1 Å². The summed E-state index contributed by atoms with van der Waals surface area (Å²) in [5.74, 6) is 0.483. The van der Waals surface area contributed by atoms with Gasteiger partial charge in [0.25, 0.3) is 5.56 Å². The normalized spacial score (nSPS) is 24.6. The highest BCUT2D eigenvalue weighted by molar-refractivity contribution is 7.99. The Balaban J connectivity index is 2.05. The monoisotopic (exact) mass is 239 g/mol. The Bertz CT molecular complexity index is 418. The smallest absolute Gasteiger partial charge is 0.293 e. The summed E-state index contributed by atoms with van der Waals surface area (Å²) in [7, 11) is 1.74. The number of anilines is 1. The lowest BCUT2D eigenvalue weighted by Gasteiger charge is -2.13. The van der Waals surface area contributed by atoms with Crippen molar-refractivity contribution >= 4 is 17.6 Å². The molecule has 2 atom stereocenters. The van der Waals surface area contributed by atoms with Gasteiger partial charge < -0.3 is 9.88 Å². The first kappa shape index (κ1) is 11.5. The Kier molecular flexibility index (Phi) is 3.53. The Morgan fingerprint density at radius 3 is 3.06 bits per heavy atom. The second kappa shape index (κ2) is 4.91. The van der Waals surface area contributed by atoms with Crippen LogP contribution in [0.3, 0.4) is 0 Å². The topological polar surface area (TPSA) is 46.9 Å². The van der Waals surface area contributed by atoms with Crippen LogP contribution in [-0.2, 0) is 7.05 Å². The molecule has 5 heteroatoms. The van der Waals surface area contributed by atoms with Crippen LogP contribution in [-0.4, -0.2) is 27.1 Å². The van der Waals surface area contributed by atoms with Crippen LogP contribution in [0.5, 0.6) is 0 Å². The van der Waals surface area contributed by atoms with Crippen LogP contribution in [0.4, 0.5) is 5.82 Å². The molecule has 1 saturated carbocycles. The fourth-order valence-electron chi connectivity index (χ4n) is 2.08. The number of rotatable bonds is 3. The minimum atomic E-state index is -0.0462. The lowest BCUT2D eigenvalue weighted by Crippen LogP contribution is -2.26. The summed E-state index contributed by atoms with van der Waals surface area (Å²) in [5.41, 5.74) is -0.0462. The van der Waals surface area contributed by atoms with Crippen molar-refractivity contribution in [3.05, 3.63) is 22.7 Å². The zero-order valence-electron chi connectivity index (χ0n) is 9.64. The summed E-state index contributed by atoms with van der Waals surface area (Å²) in [4.78, 5) is 15.8. The van der Waals surface area contributed by atoms with Gasteiger partial charge in [-0.2, -0.15) is 11.8 Å². The molecule has 1 aliphatic carbocycles. The molecule has 2 unspecified atom stereocenters. The molecule has 2 rings (SSSR count). The van der Waals surface area contributed by atoms with Crippen molar-refractivity contribution in [2.24, 2.45) is 7.05 Å². The van der Waals surface area contributed by atoms with E-state index in [1.165, 1.54) is 6.42 Å². The van der Waals surface area contributed by atoms with Crippen LogP contribution >= 0.6 is 11.8 Å². The van der Waals surface area contributed by atoms with E-state index in [4.69, 9.17) is 0 Å². The summed E-state index contributed by atoms with van der Waals surface area (Å²) in [6.07, 6.45) is 8.96. The predicted molar refractivity (Wildman–Crippen MR) is 68.0 cm³/mol. The van der Waals surface area contributed by atoms with E-state index in [2.05, 4.69) is 16.6 Å². The first-order valence-corrected chi connectivity index (χ1v) is 6.80. The second-order valence-corrected chi connectivity index (χ2v) is 5.34. The highest BCUT2D eigenvalue weighted by atomic mass is 32.2. The van der Waals surface area contributed by atoms with Crippen molar-refractivity contribution in [3.63, 3.8) is 0 Å². The third kappa shape index (κ3) is 2.40. The minimum Gasteiger partial charge on any atom is -0.363 e. The van der Waals surface area contributed by atoms with E-state index in [1.54, 1.807) is 24.0 Å². The molecule has 0 aromatic carbocycles. The first-order chi connectivity index (χ1) is 7.70. The molecule has 4 nitrogen and oxygen atoms in total. The third-order valence-electron chi connectivity index (χ3n) is 3.08. The standard InChI is InChI=1S/C11H17N3OS/c1-14-6-5-12-10(11(14)15)13-8-3-4-9(7-8)16-2/h5-6,8-9H,3-4,7H2,1-2H3,(H,12,13). The lowest BCUT2D eigenvalue weighted by molar-refractivity contribution is 0.740. The molecule has 0 radical (unpaired) electrons. The van der Waals surface area contributed by atoms with E-state index < -0.39 is 0 Å². The second-order valence-electron chi connectivity index (χ2n) is 4.20. The van der Waals surface area contributed by atoms with Gasteiger partial charge in [-0.15, -0.1) is 0 Å². The molecule has 0 saturated heterocycles. The number of hydrogen-bond acceptors (Lipinski definition) is 4. The van der Waals surface area contributed by atoms with Gasteiger partial charge in [-0.05, 0) is 25.5 Å². The average molecular weight is 239 g/mol. The Morgan fingerprint density at radius 2 is 2.38 bits per heavy atom. The number of nitrogens with one attached hydrogen (secondary N) is 1. The minimum absolute atomic E-state index is 0.0462. The average Bonchev–Trinajstić information content (AvgIpc) is 2.73. The Labute approximate surface area is 99.5 Å². The van der Waals surface area contributed by atoms with Crippen molar-refractivity contribution in [1.29, 1.82) is 0 Å². The van der Waals surface area contributed by atoms with Gasteiger partial charge in [-0.3, -0.25) is 4.79 Å². The molecule has 1 aliphatic rings. The fourth-order valence-corrected chi connectivity index (χ4v) is 2.87. The highest BCUT2D eigenvalue weighted by Gasteiger charge is 2.24. The van der Waals surface area contributed by atoms with Gasteiger partial charge in [0.1, 0.15) is 0 Å². The summed E-state index contributed by atoms with van der Waals surface area (Å²) >= 11 is 1.91. The molecule has 16 heavy (non-hydrogen) atoms. The van der Waals surface area contributed by atoms with E-state index in [0.29, 0.717) is 11.9 Å². The molecule has 1 fully saturated rings. The summed E-state index contributed by atoms with van der Waals surface area (Å²) in [6.45, 7) is 0. The number of aromatic nitrogens is 2. The lowest BCUT2D eigenvalue weighted by atomic mass is 10.2. The first-order valence-electron chi connectivity index (χ1n) is 5.51. The van der Waals surface area contributed by atoms with Gasteiger partial charge in [0, 0.05) is 30.7 Å². The van der Waals surface area contributed by atoms with Gasteiger partial charge in [-0.25, -0.2) is 4.98 Å². The largest absolute Gasteiger partial charge is 0.363 e. The zero-order chi connectivity index (χ0) is 11.5. The van der Waals surface area contributed by atoms with Crippen molar-refractivity contribution in [1.82, 2.24) is 9.55 Å². The van der Waals surface area contributed by atoms with Crippen LogP contribution in [0.15, 0.2) is 17.2 Å². The molecule has 1 N–H and O–H groups in total. The summed E-state index contributed by atoms with van der Waals surface area (Å²) < 4.78 is 1.55. The number of aryl methyl sites for hydroxylation is 1. The number of nitrogens with zero attached hydrogens (tertiary/aromatic N) is 2. The zero-order valence-corrected chi connectivity index (χ0v) is 10.5. The maximum Gasteiger partial charge on any atom is 0.293 e. The maximum absolute atomic E-state index is 11.7. The van der Waals surface area contributed by atoms with Gasteiger partial charge >= 0.3 is 0 Å². The van der Waals surface area contributed by atoms with Crippen molar-refractivity contribution in [2.75, 3.05) is 11.6 Å². The molecule has 88 valence electrons. The van der Waals surface area contributed by atoms with Gasteiger partial charge in [-0.1, -0.05) is 0 Å². The number of hydrogen-bond donors (Lipinski definition) is 1. The SMILES string of the molecule is CSC1CCC(Nc2nccn(C)c2=O)C1. The number of thioether (sulfide) groups is 1. The van der Waals surface area contributed by atoms with Crippen LogP contribution in [0.1, 0.15) is 19.3 Å². The van der Waals surface area contributed by atoms with Gasteiger partial charge in [0.2, 0.25) is 0 Å². The van der Waals surface area contributed by atoms with Crippen LogP contribution in [0.25, 0.3) is 0 Å². The molecule has 0 spiro atoms.